The number of aliphatic imine (C=N–C) groups is 1. The number of nitrogens with zero attached hydrogens (tertiary/aromatic N) is 1. The lowest BCUT2D eigenvalue weighted by molar-refractivity contribution is 0.330. The van der Waals surface area contributed by atoms with Gasteiger partial charge in [0.15, 0.2) is 5.96 Å². The Labute approximate surface area is 53.4 Å². The molecule has 1 rings (SSSR count). The molecule has 52 valence electrons. The molecule has 0 aromatic heterocycles. The largest absolute Gasteiger partial charge is 0.359 e. The van der Waals surface area contributed by atoms with E-state index < -0.39 is 6.17 Å². The first kappa shape index (κ1) is 6.32. The van der Waals surface area contributed by atoms with E-state index in [0.29, 0.717) is 12.5 Å². The Hall–Kier alpha value is -0.800. The van der Waals surface area contributed by atoms with E-state index in [0.717, 1.165) is 0 Å². The molecule has 0 radical (unpaired) electrons. The minimum Gasteiger partial charge on any atom is -0.359 e. The molecule has 0 amide bonds. The lowest BCUT2D eigenvalue weighted by Crippen LogP contribution is -2.43. The molecule has 0 aliphatic carbocycles. The van der Waals surface area contributed by atoms with Crippen LogP contribution in [0.1, 0.15) is 0 Å². The number of hydrogen-bond donors (Lipinski definition) is 2. The molecule has 1 unspecified atom stereocenters. The number of halogens is 1. The second-order valence-corrected chi connectivity index (χ2v) is 1.92. The van der Waals surface area contributed by atoms with Crippen molar-refractivity contribution in [1.29, 1.82) is 0 Å². The highest BCUT2D eigenvalue weighted by atomic mass is 19.1. The molecule has 0 bridgehead atoms. The fraction of sp³-hybridized carbons (Fsp3) is 0.800. The van der Waals surface area contributed by atoms with E-state index in [1.165, 1.54) is 0 Å². The van der Waals surface area contributed by atoms with Crippen molar-refractivity contribution in [1.82, 2.24) is 10.6 Å². The van der Waals surface area contributed by atoms with E-state index in [9.17, 15) is 4.39 Å². The van der Waals surface area contributed by atoms with Crippen LogP contribution >= 0.6 is 0 Å². The van der Waals surface area contributed by atoms with Crippen molar-refractivity contribution < 1.29 is 4.39 Å². The maximum absolute atomic E-state index is 12.3. The monoisotopic (exact) mass is 131 g/mol. The Morgan fingerprint density at radius 3 is 3.11 bits per heavy atom. The van der Waals surface area contributed by atoms with Crippen molar-refractivity contribution in [3.05, 3.63) is 0 Å². The van der Waals surface area contributed by atoms with Crippen LogP contribution in [0.3, 0.4) is 0 Å². The molecule has 2 N–H and O–H groups in total. The molecule has 3 nitrogen and oxygen atoms in total. The first-order valence-electron chi connectivity index (χ1n) is 2.93. The molecule has 0 fully saturated rings. The average molecular weight is 131 g/mol. The summed E-state index contributed by atoms with van der Waals surface area (Å²) in [6.07, 6.45) is -0.818. The summed E-state index contributed by atoms with van der Waals surface area (Å²) in [5, 5.41) is 5.58. The summed E-state index contributed by atoms with van der Waals surface area (Å²) in [7, 11) is 1.75. The number of guanidine groups is 1. The van der Waals surface area contributed by atoms with Crippen molar-refractivity contribution >= 4 is 5.96 Å². The van der Waals surface area contributed by atoms with E-state index in [2.05, 4.69) is 15.6 Å². The zero-order chi connectivity index (χ0) is 6.69. The lowest BCUT2D eigenvalue weighted by Gasteiger charge is -2.16. The predicted octanol–water partition coefficient (Wildman–Crippen LogP) is -0.497. The number of hydrogen-bond acceptors (Lipinski definition) is 3. The highest BCUT2D eigenvalue weighted by molar-refractivity contribution is 5.80. The number of nitrogens with one attached hydrogen (secondary N) is 2. The summed E-state index contributed by atoms with van der Waals surface area (Å²) < 4.78 is 12.3. The first-order valence-corrected chi connectivity index (χ1v) is 2.93. The van der Waals surface area contributed by atoms with Crippen LogP contribution in [-0.2, 0) is 0 Å². The van der Waals surface area contributed by atoms with Crippen LogP contribution in [0.2, 0.25) is 0 Å². The summed E-state index contributed by atoms with van der Waals surface area (Å²) >= 11 is 0. The molecular formula is C5H10FN3. The van der Waals surface area contributed by atoms with E-state index in [-0.39, 0.29) is 6.54 Å². The molecule has 0 aromatic rings. The Morgan fingerprint density at radius 1 is 1.89 bits per heavy atom. The van der Waals surface area contributed by atoms with Gasteiger partial charge < -0.3 is 10.6 Å². The summed E-state index contributed by atoms with van der Waals surface area (Å²) in [6.45, 7) is 0.656. The van der Waals surface area contributed by atoms with Gasteiger partial charge in [-0.25, -0.2) is 4.39 Å². The molecular weight excluding hydrogens is 121 g/mol. The fourth-order valence-electron chi connectivity index (χ4n) is 0.686. The van der Waals surface area contributed by atoms with Gasteiger partial charge in [0.1, 0.15) is 6.17 Å². The van der Waals surface area contributed by atoms with Gasteiger partial charge in [-0.1, -0.05) is 0 Å². The van der Waals surface area contributed by atoms with Gasteiger partial charge >= 0.3 is 0 Å². The molecule has 0 saturated heterocycles. The van der Waals surface area contributed by atoms with Crippen molar-refractivity contribution in [3.63, 3.8) is 0 Å². The van der Waals surface area contributed by atoms with Crippen LogP contribution in [0.25, 0.3) is 0 Å². The quantitative estimate of drug-likeness (QED) is 0.465. The van der Waals surface area contributed by atoms with E-state index in [1.54, 1.807) is 7.05 Å². The molecule has 0 spiro atoms. The maximum Gasteiger partial charge on any atom is 0.191 e. The van der Waals surface area contributed by atoms with Crippen LogP contribution in [0.4, 0.5) is 4.39 Å². The highest BCUT2D eigenvalue weighted by Gasteiger charge is 2.11. The average Bonchev–Trinajstić information content (AvgIpc) is 1.90. The lowest BCUT2D eigenvalue weighted by atomic mass is 10.3. The Bertz CT molecular complexity index is 123. The van der Waals surface area contributed by atoms with Gasteiger partial charge in [0.05, 0.1) is 13.1 Å². The Kier molecular flexibility index (Phi) is 1.87. The van der Waals surface area contributed by atoms with Crippen molar-refractivity contribution in [2.75, 3.05) is 20.1 Å². The van der Waals surface area contributed by atoms with Gasteiger partial charge in [0.2, 0.25) is 0 Å². The van der Waals surface area contributed by atoms with Crippen LogP contribution in [-0.4, -0.2) is 32.3 Å². The Morgan fingerprint density at radius 2 is 2.67 bits per heavy atom. The summed E-state index contributed by atoms with van der Waals surface area (Å²) in [5.41, 5.74) is 0. The third kappa shape index (κ3) is 1.55. The first-order chi connectivity index (χ1) is 4.33. The van der Waals surface area contributed by atoms with Crippen LogP contribution in [0.15, 0.2) is 4.99 Å². The zero-order valence-electron chi connectivity index (χ0n) is 5.32. The van der Waals surface area contributed by atoms with Crippen LogP contribution in [0, 0.1) is 0 Å². The van der Waals surface area contributed by atoms with Gasteiger partial charge in [-0.2, -0.15) is 0 Å². The summed E-state index contributed by atoms with van der Waals surface area (Å²) in [5.74, 6) is 0.684. The van der Waals surface area contributed by atoms with E-state index in [1.807, 2.05) is 0 Å². The molecule has 1 atom stereocenters. The van der Waals surface area contributed by atoms with Gasteiger partial charge in [0, 0.05) is 7.05 Å². The molecule has 0 saturated carbocycles. The van der Waals surface area contributed by atoms with Crippen molar-refractivity contribution in [2.45, 2.75) is 6.17 Å². The minimum atomic E-state index is -0.818. The normalized spacial score (nSPS) is 26.4. The topological polar surface area (TPSA) is 36.4 Å². The fourth-order valence-corrected chi connectivity index (χ4v) is 0.686. The molecule has 9 heavy (non-hydrogen) atoms. The van der Waals surface area contributed by atoms with Crippen molar-refractivity contribution in [3.8, 4) is 0 Å². The molecule has 1 aliphatic heterocycles. The van der Waals surface area contributed by atoms with Crippen molar-refractivity contribution in [2.24, 2.45) is 4.99 Å². The third-order valence-corrected chi connectivity index (χ3v) is 1.18. The number of alkyl halides is 1. The molecule has 1 aliphatic rings. The van der Waals surface area contributed by atoms with Crippen LogP contribution < -0.4 is 10.6 Å². The van der Waals surface area contributed by atoms with Crippen LogP contribution in [0.5, 0.6) is 0 Å². The second-order valence-electron chi connectivity index (χ2n) is 1.92. The molecule has 4 heteroatoms. The minimum absolute atomic E-state index is 0.281. The van der Waals surface area contributed by atoms with E-state index in [4.69, 9.17) is 0 Å². The van der Waals surface area contributed by atoms with E-state index >= 15 is 0 Å². The maximum atomic E-state index is 12.3. The summed E-state index contributed by atoms with van der Waals surface area (Å²) in [4.78, 5) is 3.85. The van der Waals surface area contributed by atoms with Gasteiger partial charge in [-0.05, 0) is 0 Å². The number of rotatable bonds is 0. The highest BCUT2D eigenvalue weighted by Crippen LogP contribution is 1.93. The Balaban J connectivity index is 2.40. The zero-order valence-corrected chi connectivity index (χ0v) is 5.32. The molecule has 0 aromatic carbocycles. The van der Waals surface area contributed by atoms with Gasteiger partial charge in [0.25, 0.3) is 0 Å². The smallest absolute Gasteiger partial charge is 0.191 e. The summed E-state index contributed by atoms with van der Waals surface area (Å²) in [6, 6.07) is 0. The third-order valence-electron chi connectivity index (χ3n) is 1.18. The van der Waals surface area contributed by atoms with Gasteiger partial charge in [-0.3, -0.25) is 4.99 Å². The second kappa shape index (κ2) is 2.66. The predicted molar refractivity (Wildman–Crippen MR) is 34.3 cm³/mol. The SMILES string of the molecule is CNC1=NCC(F)CN1. The van der Waals surface area contributed by atoms with Gasteiger partial charge in [-0.15, -0.1) is 0 Å². The standard InChI is InChI=1S/C5H10FN3/c1-7-5-8-2-4(6)3-9-5/h4H,2-3H2,1H3,(H2,7,8,9). The molecule has 1 heterocycles.